The number of carbonyl (C=O) groups is 2. The van der Waals surface area contributed by atoms with Crippen molar-refractivity contribution in [1.82, 2.24) is 0 Å². The summed E-state index contributed by atoms with van der Waals surface area (Å²) >= 11 is 0. The topological polar surface area (TPSA) is 52.6 Å². The Hall–Kier alpha value is -1.58. The van der Waals surface area contributed by atoms with Crippen molar-refractivity contribution in [3.8, 4) is 0 Å². The van der Waals surface area contributed by atoms with Crippen LogP contribution in [-0.4, -0.2) is 25.2 Å². The van der Waals surface area contributed by atoms with Crippen molar-refractivity contribution in [2.45, 2.75) is 129 Å². The molecule has 0 aromatic carbocycles. The maximum Gasteiger partial charge on any atom is 0.306 e. The van der Waals surface area contributed by atoms with Gasteiger partial charge < -0.3 is 9.47 Å². The molecule has 0 aliphatic rings. The van der Waals surface area contributed by atoms with Gasteiger partial charge in [-0.3, -0.25) is 9.59 Å². The van der Waals surface area contributed by atoms with E-state index < -0.39 is 0 Å². The van der Waals surface area contributed by atoms with Crippen molar-refractivity contribution in [3.63, 3.8) is 0 Å². The summed E-state index contributed by atoms with van der Waals surface area (Å²) in [6, 6.07) is 0. The lowest BCUT2D eigenvalue weighted by Crippen LogP contribution is -2.11. The highest BCUT2D eigenvalue weighted by Crippen LogP contribution is 2.08. The fourth-order valence-corrected chi connectivity index (χ4v) is 3.31. The first-order valence-corrected chi connectivity index (χ1v) is 13.3. The molecule has 4 nitrogen and oxygen atoms in total. The molecule has 0 saturated carbocycles. The van der Waals surface area contributed by atoms with E-state index in [0.717, 1.165) is 25.7 Å². The molecule has 0 saturated heterocycles. The third kappa shape index (κ3) is 24.7. The average Bonchev–Trinajstić information content (AvgIpc) is 2.79. The molecule has 0 amide bonds. The maximum absolute atomic E-state index is 11.7. The molecule has 186 valence electrons. The molecule has 32 heavy (non-hydrogen) atoms. The molecule has 0 aliphatic carbocycles. The third-order valence-corrected chi connectivity index (χ3v) is 5.33. The van der Waals surface area contributed by atoms with Gasteiger partial charge in [-0.25, -0.2) is 0 Å². The van der Waals surface area contributed by atoms with Gasteiger partial charge in [-0.05, 0) is 51.4 Å². The molecular weight excluding hydrogens is 400 g/mol. The molecule has 0 radical (unpaired) electrons. The summed E-state index contributed by atoms with van der Waals surface area (Å²) in [6.07, 6.45) is 27.7. The molecule has 0 atom stereocenters. The van der Waals surface area contributed by atoms with Crippen LogP contribution in [0.3, 0.4) is 0 Å². The van der Waals surface area contributed by atoms with Gasteiger partial charge in [-0.1, -0.05) is 89.5 Å². The second-order valence-electron chi connectivity index (χ2n) is 8.57. The Morgan fingerprint density at radius 2 is 0.844 bits per heavy atom. The zero-order valence-electron chi connectivity index (χ0n) is 21.1. The van der Waals surface area contributed by atoms with E-state index in [0.29, 0.717) is 13.2 Å². The van der Waals surface area contributed by atoms with E-state index in [1.54, 1.807) is 0 Å². The van der Waals surface area contributed by atoms with E-state index in [2.05, 4.69) is 38.2 Å². The maximum atomic E-state index is 11.7. The van der Waals surface area contributed by atoms with Crippen molar-refractivity contribution < 1.29 is 19.1 Å². The smallest absolute Gasteiger partial charge is 0.306 e. The number of carbonyl (C=O) groups excluding carboxylic acids is 2. The minimum absolute atomic E-state index is 0.120. The van der Waals surface area contributed by atoms with Crippen LogP contribution in [0, 0.1) is 0 Å². The largest absolute Gasteiger partial charge is 0.466 e. The second kappa shape index (κ2) is 25.7. The van der Waals surface area contributed by atoms with E-state index >= 15 is 0 Å². The summed E-state index contributed by atoms with van der Waals surface area (Å²) in [4.78, 5) is 23.5. The summed E-state index contributed by atoms with van der Waals surface area (Å²) in [5.41, 5.74) is 0. The standard InChI is InChI=1S/C28H50O4/c1-3-5-7-9-11-13-15-17-19-21-25-31-27(29)23-24-28(30)32-26-22-20-18-16-14-12-10-8-6-4-2/h7-10H,3-6,11-26H2,1-2H3/b9-7+,10-8+. The SMILES string of the molecule is CCC/C=C/CCCCCCCOC(=O)CCC(=O)OCCCCCCC/C=C/CCC. The highest BCUT2D eigenvalue weighted by molar-refractivity contribution is 5.77. The molecule has 0 aliphatic heterocycles. The Balaban J connectivity index is 3.36. The zero-order chi connectivity index (χ0) is 23.5. The normalized spacial score (nSPS) is 11.4. The van der Waals surface area contributed by atoms with Crippen LogP contribution < -0.4 is 0 Å². The number of hydrogen-bond acceptors (Lipinski definition) is 4. The number of ether oxygens (including phenoxy) is 2. The van der Waals surface area contributed by atoms with Gasteiger partial charge in [0.05, 0.1) is 26.1 Å². The predicted octanol–water partition coefficient (Wildman–Crippen LogP) is 8.25. The van der Waals surface area contributed by atoms with Gasteiger partial charge in [-0.15, -0.1) is 0 Å². The fraction of sp³-hybridized carbons (Fsp3) is 0.786. The van der Waals surface area contributed by atoms with Gasteiger partial charge in [0.1, 0.15) is 0 Å². The average molecular weight is 451 g/mol. The number of esters is 2. The van der Waals surface area contributed by atoms with Crippen molar-refractivity contribution in [2.75, 3.05) is 13.2 Å². The van der Waals surface area contributed by atoms with E-state index in [9.17, 15) is 9.59 Å². The predicted molar refractivity (Wildman–Crippen MR) is 135 cm³/mol. The summed E-state index contributed by atoms with van der Waals surface area (Å²) < 4.78 is 10.4. The Kier molecular flexibility index (Phi) is 24.4. The number of allylic oxidation sites excluding steroid dienone is 4. The van der Waals surface area contributed by atoms with Crippen LogP contribution in [0.2, 0.25) is 0 Å². The molecule has 4 heteroatoms. The van der Waals surface area contributed by atoms with Gasteiger partial charge in [-0.2, -0.15) is 0 Å². The fourth-order valence-electron chi connectivity index (χ4n) is 3.31. The molecule has 0 fully saturated rings. The molecule has 0 aromatic heterocycles. The molecular formula is C28H50O4. The number of hydrogen-bond donors (Lipinski definition) is 0. The second-order valence-corrected chi connectivity index (χ2v) is 8.57. The molecule has 0 spiro atoms. The third-order valence-electron chi connectivity index (χ3n) is 5.33. The summed E-state index contributed by atoms with van der Waals surface area (Å²) in [5, 5.41) is 0. The van der Waals surface area contributed by atoms with E-state index in [1.165, 1.54) is 77.0 Å². The number of unbranched alkanes of at least 4 members (excludes halogenated alkanes) is 12. The molecule has 0 bridgehead atoms. The van der Waals surface area contributed by atoms with Crippen molar-refractivity contribution >= 4 is 11.9 Å². The van der Waals surface area contributed by atoms with Gasteiger partial charge in [0.15, 0.2) is 0 Å². The molecule has 0 N–H and O–H groups in total. The summed E-state index contributed by atoms with van der Waals surface area (Å²) in [5.74, 6) is -0.591. The van der Waals surface area contributed by atoms with Crippen LogP contribution >= 0.6 is 0 Å². The summed E-state index contributed by atoms with van der Waals surface area (Å²) in [6.45, 7) is 5.31. The van der Waals surface area contributed by atoms with E-state index in [1.807, 2.05) is 0 Å². The minimum Gasteiger partial charge on any atom is -0.466 e. The minimum atomic E-state index is -0.295. The first-order chi connectivity index (χ1) is 15.7. The van der Waals surface area contributed by atoms with Gasteiger partial charge in [0.2, 0.25) is 0 Å². The van der Waals surface area contributed by atoms with Crippen LogP contribution in [0.15, 0.2) is 24.3 Å². The van der Waals surface area contributed by atoms with Gasteiger partial charge in [0, 0.05) is 0 Å². The van der Waals surface area contributed by atoms with Crippen LogP contribution in [0.1, 0.15) is 129 Å². The zero-order valence-corrected chi connectivity index (χ0v) is 21.1. The summed E-state index contributed by atoms with van der Waals surface area (Å²) in [7, 11) is 0. The van der Waals surface area contributed by atoms with Crippen LogP contribution in [0.4, 0.5) is 0 Å². The Morgan fingerprint density at radius 3 is 1.25 bits per heavy atom. The van der Waals surface area contributed by atoms with Gasteiger partial charge in [0.25, 0.3) is 0 Å². The van der Waals surface area contributed by atoms with Crippen LogP contribution in [0.5, 0.6) is 0 Å². The quantitative estimate of drug-likeness (QED) is 0.0893. The van der Waals surface area contributed by atoms with Crippen LogP contribution in [-0.2, 0) is 19.1 Å². The van der Waals surface area contributed by atoms with E-state index in [-0.39, 0.29) is 24.8 Å². The Morgan fingerprint density at radius 1 is 0.500 bits per heavy atom. The lowest BCUT2D eigenvalue weighted by atomic mass is 10.1. The molecule has 0 heterocycles. The molecule has 0 aromatic rings. The van der Waals surface area contributed by atoms with Gasteiger partial charge >= 0.3 is 11.9 Å². The number of rotatable bonds is 23. The molecule has 0 unspecified atom stereocenters. The monoisotopic (exact) mass is 450 g/mol. The highest BCUT2D eigenvalue weighted by atomic mass is 16.5. The first kappa shape index (κ1) is 30.4. The van der Waals surface area contributed by atoms with Crippen molar-refractivity contribution in [3.05, 3.63) is 24.3 Å². The van der Waals surface area contributed by atoms with Crippen LogP contribution in [0.25, 0.3) is 0 Å². The Bertz CT molecular complexity index is 438. The lowest BCUT2D eigenvalue weighted by Gasteiger charge is -2.06. The first-order valence-electron chi connectivity index (χ1n) is 13.3. The lowest BCUT2D eigenvalue weighted by molar-refractivity contribution is -0.150. The molecule has 0 rings (SSSR count). The highest BCUT2D eigenvalue weighted by Gasteiger charge is 2.09. The van der Waals surface area contributed by atoms with Crippen molar-refractivity contribution in [1.29, 1.82) is 0 Å². The van der Waals surface area contributed by atoms with E-state index in [4.69, 9.17) is 9.47 Å². The van der Waals surface area contributed by atoms with Crippen molar-refractivity contribution in [2.24, 2.45) is 0 Å². The Labute approximate surface area is 198 Å².